The Morgan fingerprint density at radius 2 is 1.83 bits per heavy atom. The van der Waals surface area contributed by atoms with Gasteiger partial charge < -0.3 is 20.3 Å². The molecule has 1 aromatic carbocycles. The summed E-state index contributed by atoms with van der Waals surface area (Å²) >= 11 is 0. The molecule has 1 saturated heterocycles. The molecule has 0 bridgehead atoms. The Hall–Kier alpha value is -2.02. The summed E-state index contributed by atoms with van der Waals surface area (Å²) in [6.45, 7) is 8.35. The van der Waals surface area contributed by atoms with Gasteiger partial charge in [0.25, 0.3) is 5.91 Å². The third-order valence-corrected chi connectivity index (χ3v) is 5.05. The molecule has 2 heterocycles. The summed E-state index contributed by atoms with van der Waals surface area (Å²) in [5.41, 5.74) is 1.49. The van der Waals surface area contributed by atoms with Gasteiger partial charge in [0.15, 0.2) is 0 Å². The molecule has 0 atom stereocenters. The fraction of sp³-hybridized carbons (Fsp3) is 0.455. The average Bonchev–Trinajstić information content (AvgIpc) is 2.74. The Labute approximate surface area is 191 Å². The molecule has 3 rings (SSSR count). The standard InChI is InChI=1S/C22H30N4O2.2ClH/c1-3-23-16-17-11-14-26(15-12-17)22(27)20-6-5-13-24-21(20)25-18-7-9-19(10-8-18)28-4-2;;/h5-10,13,17,23H,3-4,11-12,14-16H2,1-2H3,(H,24,25);2*1H. The summed E-state index contributed by atoms with van der Waals surface area (Å²) in [5, 5.41) is 6.68. The normalized spacial score (nSPS) is 13.7. The number of anilines is 2. The first kappa shape index (κ1) is 26.0. The van der Waals surface area contributed by atoms with E-state index in [9.17, 15) is 4.79 Å². The van der Waals surface area contributed by atoms with Crippen molar-refractivity contribution in [2.24, 2.45) is 5.92 Å². The molecule has 0 unspecified atom stereocenters. The zero-order valence-corrected chi connectivity index (χ0v) is 19.2. The van der Waals surface area contributed by atoms with Crippen LogP contribution in [-0.4, -0.2) is 48.6 Å². The molecule has 1 fully saturated rings. The van der Waals surface area contributed by atoms with Crippen LogP contribution in [0.1, 0.15) is 37.0 Å². The first-order valence-electron chi connectivity index (χ1n) is 10.2. The van der Waals surface area contributed by atoms with Crippen molar-refractivity contribution in [2.75, 3.05) is 38.1 Å². The summed E-state index contributed by atoms with van der Waals surface area (Å²) in [7, 11) is 0. The third kappa shape index (κ3) is 7.04. The smallest absolute Gasteiger partial charge is 0.257 e. The molecule has 1 aromatic heterocycles. The van der Waals surface area contributed by atoms with Crippen molar-refractivity contribution in [2.45, 2.75) is 26.7 Å². The number of halogens is 2. The van der Waals surface area contributed by atoms with Gasteiger partial charge in [-0.3, -0.25) is 4.79 Å². The highest BCUT2D eigenvalue weighted by molar-refractivity contribution is 5.99. The van der Waals surface area contributed by atoms with E-state index < -0.39 is 0 Å². The fourth-order valence-corrected chi connectivity index (χ4v) is 3.47. The number of benzene rings is 1. The van der Waals surface area contributed by atoms with Gasteiger partial charge in [-0.1, -0.05) is 6.92 Å². The van der Waals surface area contributed by atoms with Crippen molar-refractivity contribution in [3.05, 3.63) is 48.2 Å². The van der Waals surface area contributed by atoms with E-state index in [0.717, 1.165) is 50.5 Å². The summed E-state index contributed by atoms with van der Waals surface area (Å²) in [5.74, 6) is 2.11. The highest BCUT2D eigenvalue weighted by atomic mass is 35.5. The number of likely N-dealkylation sites (tertiary alicyclic amines) is 1. The van der Waals surface area contributed by atoms with Gasteiger partial charge in [0, 0.05) is 25.0 Å². The molecule has 2 N–H and O–H groups in total. The van der Waals surface area contributed by atoms with Crippen LogP contribution in [0.5, 0.6) is 5.75 Å². The van der Waals surface area contributed by atoms with Crippen molar-refractivity contribution in [1.82, 2.24) is 15.2 Å². The molecule has 166 valence electrons. The highest BCUT2D eigenvalue weighted by Gasteiger charge is 2.25. The van der Waals surface area contributed by atoms with E-state index in [2.05, 4.69) is 22.5 Å². The first-order valence-corrected chi connectivity index (χ1v) is 10.2. The largest absolute Gasteiger partial charge is 0.494 e. The maximum absolute atomic E-state index is 13.1. The quantitative estimate of drug-likeness (QED) is 0.613. The average molecular weight is 455 g/mol. The number of piperidine rings is 1. The predicted octanol–water partition coefficient (Wildman–Crippen LogP) is 4.53. The van der Waals surface area contributed by atoms with Crippen LogP contribution < -0.4 is 15.4 Å². The molecular formula is C22H32Cl2N4O2. The number of aromatic nitrogens is 1. The second kappa shape index (κ2) is 13.3. The van der Waals surface area contributed by atoms with E-state index in [1.165, 1.54) is 0 Å². The van der Waals surface area contributed by atoms with Crippen LogP contribution in [0.4, 0.5) is 11.5 Å². The van der Waals surface area contributed by atoms with Crippen LogP contribution in [0, 0.1) is 5.92 Å². The van der Waals surface area contributed by atoms with E-state index in [1.54, 1.807) is 6.20 Å². The first-order chi connectivity index (χ1) is 13.7. The van der Waals surface area contributed by atoms with Crippen LogP contribution in [0.25, 0.3) is 0 Å². The second-order valence-corrected chi connectivity index (χ2v) is 7.03. The predicted molar refractivity (Wildman–Crippen MR) is 127 cm³/mol. The third-order valence-electron chi connectivity index (χ3n) is 5.05. The lowest BCUT2D eigenvalue weighted by Gasteiger charge is -2.32. The van der Waals surface area contributed by atoms with Crippen molar-refractivity contribution in [3.8, 4) is 5.75 Å². The molecule has 30 heavy (non-hydrogen) atoms. The maximum atomic E-state index is 13.1. The molecular weight excluding hydrogens is 423 g/mol. The Morgan fingerprint density at radius 1 is 1.13 bits per heavy atom. The lowest BCUT2D eigenvalue weighted by molar-refractivity contribution is 0.0691. The zero-order valence-electron chi connectivity index (χ0n) is 17.6. The van der Waals surface area contributed by atoms with Crippen molar-refractivity contribution in [3.63, 3.8) is 0 Å². The molecule has 1 aliphatic heterocycles. The number of rotatable bonds is 8. The lowest BCUT2D eigenvalue weighted by atomic mass is 9.96. The van der Waals surface area contributed by atoms with Gasteiger partial charge in [-0.25, -0.2) is 4.98 Å². The van der Waals surface area contributed by atoms with Gasteiger partial charge in [-0.2, -0.15) is 0 Å². The Morgan fingerprint density at radius 3 is 2.47 bits per heavy atom. The Kier molecular flexibility index (Phi) is 11.5. The van der Waals surface area contributed by atoms with Crippen molar-refractivity contribution < 1.29 is 9.53 Å². The van der Waals surface area contributed by atoms with Crippen LogP contribution in [0.3, 0.4) is 0 Å². The topological polar surface area (TPSA) is 66.5 Å². The zero-order chi connectivity index (χ0) is 19.8. The number of hydrogen-bond donors (Lipinski definition) is 2. The number of pyridine rings is 1. The number of hydrogen-bond acceptors (Lipinski definition) is 5. The molecule has 8 heteroatoms. The van der Waals surface area contributed by atoms with E-state index in [-0.39, 0.29) is 30.7 Å². The summed E-state index contributed by atoms with van der Waals surface area (Å²) in [6.07, 6.45) is 3.79. The van der Waals surface area contributed by atoms with Gasteiger partial charge in [-0.15, -0.1) is 24.8 Å². The van der Waals surface area contributed by atoms with Crippen LogP contribution in [0.2, 0.25) is 0 Å². The maximum Gasteiger partial charge on any atom is 0.257 e. The minimum atomic E-state index is 0. The van der Waals surface area contributed by atoms with Crippen molar-refractivity contribution >= 4 is 42.2 Å². The molecule has 6 nitrogen and oxygen atoms in total. The van der Waals surface area contributed by atoms with Gasteiger partial charge in [0.1, 0.15) is 11.6 Å². The minimum absolute atomic E-state index is 0. The Bertz CT molecular complexity index is 766. The molecule has 0 spiro atoms. The monoisotopic (exact) mass is 454 g/mol. The number of nitrogens with zero attached hydrogens (tertiary/aromatic N) is 2. The fourth-order valence-electron chi connectivity index (χ4n) is 3.47. The lowest BCUT2D eigenvalue weighted by Crippen LogP contribution is -2.41. The van der Waals surface area contributed by atoms with Crippen LogP contribution in [0.15, 0.2) is 42.6 Å². The molecule has 0 radical (unpaired) electrons. The minimum Gasteiger partial charge on any atom is -0.494 e. The summed E-state index contributed by atoms with van der Waals surface area (Å²) in [6, 6.07) is 11.3. The molecule has 0 saturated carbocycles. The Balaban J connectivity index is 0.00000225. The SMILES string of the molecule is CCNCC1CCN(C(=O)c2cccnc2Nc2ccc(OCC)cc2)CC1.Cl.Cl. The van der Waals surface area contributed by atoms with E-state index in [4.69, 9.17) is 4.74 Å². The van der Waals surface area contributed by atoms with E-state index in [0.29, 0.717) is 23.9 Å². The molecule has 2 aromatic rings. The molecule has 0 aliphatic carbocycles. The number of nitrogens with one attached hydrogen (secondary N) is 2. The number of carbonyl (C=O) groups excluding carboxylic acids is 1. The number of ether oxygens (including phenoxy) is 1. The van der Waals surface area contributed by atoms with E-state index >= 15 is 0 Å². The van der Waals surface area contributed by atoms with Crippen LogP contribution in [-0.2, 0) is 0 Å². The second-order valence-electron chi connectivity index (χ2n) is 7.03. The van der Waals surface area contributed by atoms with Crippen LogP contribution >= 0.6 is 24.8 Å². The summed E-state index contributed by atoms with van der Waals surface area (Å²) < 4.78 is 5.48. The van der Waals surface area contributed by atoms with Gasteiger partial charge in [0.05, 0.1) is 12.2 Å². The van der Waals surface area contributed by atoms with E-state index in [1.807, 2.05) is 48.2 Å². The molecule has 1 amide bonds. The van der Waals surface area contributed by atoms with Gasteiger partial charge >= 0.3 is 0 Å². The molecule has 1 aliphatic rings. The summed E-state index contributed by atoms with van der Waals surface area (Å²) in [4.78, 5) is 19.4. The number of amides is 1. The van der Waals surface area contributed by atoms with Gasteiger partial charge in [-0.05, 0) is 75.2 Å². The highest BCUT2D eigenvalue weighted by Crippen LogP contribution is 2.24. The van der Waals surface area contributed by atoms with Crippen molar-refractivity contribution in [1.29, 1.82) is 0 Å². The number of carbonyl (C=O) groups is 1. The van der Waals surface area contributed by atoms with Gasteiger partial charge in [0.2, 0.25) is 0 Å².